The van der Waals surface area contributed by atoms with Crippen LogP contribution < -0.4 is 5.32 Å². The number of carbonyl (C=O) groups is 1. The third kappa shape index (κ3) is 3.29. The summed E-state index contributed by atoms with van der Waals surface area (Å²) in [4.78, 5) is 12.2. The molecule has 0 saturated heterocycles. The molecule has 118 valence electrons. The topological polar surface area (TPSA) is 46.9 Å². The van der Waals surface area contributed by atoms with Crippen molar-refractivity contribution in [1.29, 1.82) is 0 Å². The van der Waals surface area contributed by atoms with Crippen molar-refractivity contribution in [2.24, 2.45) is 0 Å². The van der Waals surface area contributed by atoms with Gasteiger partial charge >= 0.3 is 0 Å². The summed E-state index contributed by atoms with van der Waals surface area (Å²) in [5.74, 6) is -0.0966. The van der Waals surface area contributed by atoms with Crippen LogP contribution in [-0.4, -0.2) is 15.7 Å². The summed E-state index contributed by atoms with van der Waals surface area (Å²) in [6.07, 6.45) is 0. The lowest BCUT2D eigenvalue weighted by atomic mass is 10.2. The van der Waals surface area contributed by atoms with Gasteiger partial charge in [-0.15, -0.1) is 0 Å². The zero-order valence-electron chi connectivity index (χ0n) is 13.1. The van der Waals surface area contributed by atoms with Gasteiger partial charge in [-0.3, -0.25) is 9.48 Å². The van der Waals surface area contributed by atoms with Crippen LogP contribution in [0.15, 0.2) is 53.0 Å². The summed E-state index contributed by atoms with van der Waals surface area (Å²) >= 11 is 3.37. The number of nitrogens with zero attached hydrogens (tertiary/aromatic N) is 2. The lowest BCUT2D eigenvalue weighted by Crippen LogP contribution is -2.23. The van der Waals surface area contributed by atoms with Crippen molar-refractivity contribution in [3.05, 3.63) is 64.3 Å². The summed E-state index contributed by atoms with van der Waals surface area (Å²) in [6, 6.07) is 15.7. The van der Waals surface area contributed by atoms with E-state index in [-0.39, 0.29) is 11.9 Å². The molecule has 1 aromatic heterocycles. The van der Waals surface area contributed by atoms with Crippen LogP contribution in [0.3, 0.4) is 0 Å². The fraction of sp³-hybridized carbons (Fsp3) is 0.222. The molecule has 0 aliphatic carbocycles. The molecule has 0 aliphatic rings. The molecular formula is C18H18BrN3O. The van der Waals surface area contributed by atoms with Gasteiger partial charge in [0.1, 0.15) is 0 Å². The first-order valence-corrected chi connectivity index (χ1v) is 8.35. The molecular weight excluding hydrogens is 354 g/mol. The van der Waals surface area contributed by atoms with E-state index >= 15 is 0 Å². The van der Waals surface area contributed by atoms with Gasteiger partial charge in [0.05, 0.1) is 17.8 Å². The number of halogens is 1. The molecule has 0 bridgehead atoms. The standard InChI is InChI=1S/C18H18BrN3O/c1-12(2)22-17-6-4-3-5-15(17)16(21-22)11-20-18(23)13-7-9-14(19)10-8-13/h3-10,12H,11H2,1-2H3,(H,20,23). The van der Waals surface area contributed by atoms with Crippen molar-refractivity contribution in [1.82, 2.24) is 15.1 Å². The number of aromatic nitrogens is 2. The van der Waals surface area contributed by atoms with Gasteiger partial charge in [-0.1, -0.05) is 34.1 Å². The Morgan fingerprint density at radius 2 is 1.87 bits per heavy atom. The molecule has 1 amide bonds. The number of amides is 1. The van der Waals surface area contributed by atoms with Gasteiger partial charge in [0.15, 0.2) is 0 Å². The molecule has 1 heterocycles. The molecule has 0 unspecified atom stereocenters. The maximum Gasteiger partial charge on any atom is 0.251 e. The average molecular weight is 372 g/mol. The van der Waals surface area contributed by atoms with E-state index in [1.165, 1.54) is 0 Å². The molecule has 3 rings (SSSR count). The Hall–Kier alpha value is -2.14. The van der Waals surface area contributed by atoms with Gasteiger partial charge in [0.2, 0.25) is 0 Å². The lowest BCUT2D eigenvalue weighted by molar-refractivity contribution is 0.0950. The van der Waals surface area contributed by atoms with Gasteiger partial charge in [0, 0.05) is 21.5 Å². The number of hydrogen-bond acceptors (Lipinski definition) is 2. The Kier molecular flexibility index (Phi) is 4.48. The second-order valence-corrected chi connectivity index (χ2v) is 6.61. The normalized spacial score (nSPS) is 11.1. The van der Waals surface area contributed by atoms with Crippen LogP contribution >= 0.6 is 15.9 Å². The fourth-order valence-electron chi connectivity index (χ4n) is 2.55. The van der Waals surface area contributed by atoms with Crippen LogP contribution in [0, 0.1) is 0 Å². The molecule has 0 atom stereocenters. The first-order chi connectivity index (χ1) is 11.1. The van der Waals surface area contributed by atoms with Crippen molar-refractivity contribution < 1.29 is 4.79 Å². The van der Waals surface area contributed by atoms with Gasteiger partial charge < -0.3 is 5.32 Å². The predicted octanol–water partition coefficient (Wildman–Crippen LogP) is 4.31. The largest absolute Gasteiger partial charge is 0.346 e. The Morgan fingerprint density at radius 1 is 1.17 bits per heavy atom. The molecule has 2 aromatic carbocycles. The lowest BCUT2D eigenvalue weighted by Gasteiger charge is -2.06. The molecule has 0 spiro atoms. The first kappa shape index (κ1) is 15.7. The van der Waals surface area contributed by atoms with E-state index in [0.717, 1.165) is 21.1 Å². The number of carbonyl (C=O) groups excluding carboxylic acids is 1. The quantitative estimate of drug-likeness (QED) is 0.742. The molecule has 1 N–H and O–H groups in total. The fourth-order valence-corrected chi connectivity index (χ4v) is 2.81. The van der Waals surface area contributed by atoms with Crippen LogP contribution in [0.5, 0.6) is 0 Å². The Balaban J connectivity index is 1.82. The van der Waals surface area contributed by atoms with E-state index in [9.17, 15) is 4.79 Å². The highest BCUT2D eigenvalue weighted by Crippen LogP contribution is 2.21. The molecule has 3 aromatic rings. The minimum absolute atomic E-state index is 0.0966. The highest BCUT2D eigenvalue weighted by atomic mass is 79.9. The van der Waals surface area contributed by atoms with E-state index < -0.39 is 0 Å². The summed E-state index contributed by atoms with van der Waals surface area (Å²) < 4.78 is 2.95. The minimum atomic E-state index is -0.0966. The Labute approximate surface area is 143 Å². The second kappa shape index (κ2) is 6.54. The van der Waals surface area contributed by atoms with E-state index in [2.05, 4.69) is 46.3 Å². The molecule has 5 heteroatoms. The van der Waals surface area contributed by atoms with E-state index in [1.807, 2.05) is 35.0 Å². The van der Waals surface area contributed by atoms with Crippen molar-refractivity contribution in [3.63, 3.8) is 0 Å². The van der Waals surface area contributed by atoms with Crippen molar-refractivity contribution in [3.8, 4) is 0 Å². The van der Waals surface area contributed by atoms with Gasteiger partial charge in [-0.05, 0) is 44.2 Å². The average Bonchev–Trinajstić information content (AvgIpc) is 2.92. The first-order valence-electron chi connectivity index (χ1n) is 7.56. The molecule has 4 nitrogen and oxygen atoms in total. The summed E-state index contributed by atoms with van der Waals surface area (Å²) in [7, 11) is 0. The van der Waals surface area contributed by atoms with Crippen molar-refractivity contribution in [2.45, 2.75) is 26.4 Å². The molecule has 23 heavy (non-hydrogen) atoms. The number of nitrogens with one attached hydrogen (secondary N) is 1. The maximum absolute atomic E-state index is 12.2. The number of rotatable bonds is 4. The zero-order valence-corrected chi connectivity index (χ0v) is 14.7. The monoisotopic (exact) mass is 371 g/mol. The van der Waals surface area contributed by atoms with Crippen LogP contribution in [0.25, 0.3) is 10.9 Å². The smallest absolute Gasteiger partial charge is 0.251 e. The van der Waals surface area contributed by atoms with Gasteiger partial charge in [-0.25, -0.2) is 0 Å². The number of benzene rings is 2. The van der Waals surface area contributed by atoms with E-state index in [0.29, 0.717) is 12.1 Å². The molecule has 0 saturated carbocycles. The van der Waals surface area contributed by atoms with Crippen LogP contribution in [0.1, 0.15) is 35.9 Å². The van der Waals surface area contributed by atoms with Crippen molar-refractivity contribution in [2.75, 3.05) is 0 Å². The summed E-state index contributed by atoms with van der Waals surface area (Å²) in [5.41, 5.74) is 2.62. The third-order valence-electron chi connectivity index (χ3n) is 3.70. The van der Waals surface area contributed by atoms with Crippen LogP contribution in [-0.2, 0) is 6.54 Å². The summed E-state index contributed by atoms with van der Waals surface area (Å²) in [6.45, 7) is 4.61. The molecule has 0 aliphatic heterocycles. The van der Waals surface area contributed by atoms with E-state index in [4.69, 9.17) is 0 Å². The van der Waals surface area contributed by atoms with Crippen LogP contribution in [0.4, 0.5) is 0 Å². The van der Waals surface area contributed by atoms with Gasteiger partial charge in [0.25, 0.3) is 5.91 Å². The molecule has 0 radical (unpaired) electrons. The summed E-state index contributed by atoms with van der Waals surface area (Å²) in [5, 5.41) is 8.69. The zero-order chi connectivity index (χ0) is 16.4. The third-order valence-corrected chi connectivity index (χ3v) is 4.23. The predicted molar refractivity (Wildman–Crippen MR) is 95.4 cm³/mol. The minimum Gasteiger partial charge on any atom is -0.346 e. The highest BCUT2D eigenvalue weighted by molar-refractivity contribution is 9.10. The highest BCUT2D eigenvalue weighted by Gasteiger charge is 2.13. The van der Waals surface area contributed by atoms with Crippen molar-refractivity contribution >= 4 is 32.7 Å². The SMILES string of the molecule is CC(C)n1nc(CNC(=O)c2ccc(Br)cc2)c2ccccc21. The second-order valence-electron chi connectivity index (χ2n) is 5.69. The van der Waals surface area contributed by atoms with Gasteiger partial charge in [-0.2, -0.15) is 5.10 Å². The molecule has 0 fully saturated rings. The maximum atomic E-state index is 12.2. The number of fused-ring (bicyclic) bond motifs is 1. The number of hydrogen-bond donors (Lipinski definition) is 1. The Bertz CT molecular complexity index is 837. The Morgan fingerprint density at radius 3 is 2.57 bits per heavy atom. The van der Waals surface area contributed by atoms with Crippen LogP contribution in [0.2, 0.25) is 0 Å². The number of para-hydroxylation sites is 1. The van der Waals surface area contributed by atoms with E-state index in [1.54, 1.807) is 12.1 Å².